The van der Waals surface area contributed by atoms with Crippen molar-refractivity contribution in [2.45, 2.75) is 50.6 Å². The lowest BCUT2D eigenvalue weighted by Crippen LogP contribution is -2.46. The van der Waals surface area contributed by atoms with Gasteiger partial charge in [0.25, 0.3) is 5.56 Å². The maximum absolute atomic E-state index is 13.7. The average Bonchev–Trinajstić information content (AvgIpc) is 2.94. The molecule has 206 valence electrons. The molecule has 0 radical (unpaired) electrons. The highest BCUT2D eigenvalue weighted by Crippen LogP contribution is 2.34. The van der Waals surface area contributed by atoms with Crippen molar-refractivity contribution >= 4 is 32.2 Å². The van der Waals surface area contributed by atoms with Gasteiger partial charge in [0.15, 0.2) is 0 Å². The van der Waals surface area contributed by atoms with E-state index in [1.54, 1.807) is 29.8 Å². The molecular formula is C29H34FN5O3S. The first-order chi connectivity index (χ1) is 18.6. The number of aryl methyl sites for hydroxylation is 1. The molecule has 5 rings (SSSR count). The van der Waals surface area contributed by atoms with Crippen LogP contribution in [0.25, 0.3) is 11.0 Å². The summed E-state index contributed by atoms with van der Waals surface area (Å²) in [7, 11) is 0.758. The Hall–Kier alpha value is -3.45. The van der Waals surface area contributed by atoms with Crippen LogP contribution in [0, 0.1) is 23.1 Å². The van der Waals surface area contributed by atoms with Gasteiger partial charge in [0.05, 0.1) is 22.7 Å². The summed E-state index contributed by atoms with van der Waals surface area (Å²) in [4.78, 5) is 21.7. The zero-order valence-electron chi connectivity index (χ0n) is 22.4. The predicted molar refractivity (Wildman–Crippen MR) is 151 cm³/mol. The molecule has 1 saturated carbocycles. The number of aromatic nitrogens is 2. The lowest BCUT2D eigenvalue weighted by molar-refractivity contribution is 0.348. The molecule has 2 aromatic heterocycles. The first kappa shape index (κ1) is 27.1. The minimum Gasteiger partial charge on any atom is -0.370 e. The van der Waals surface area contributed by atoms with E-state index >= 15 is 0 Å². The third-order valence-electron chi connectivity index (χ3n) is 8.51. The average molecular weight is 552 g/mol. The summed E-state index contributed by atoms with van der Waals surface area (Å²) in [5.41, 5.74) is 3.21. The lowest BCUT2D eigenvalue weighted by atomic mass is 9.88. The van der Waals surface area contributed by atoms with Crippen LogP contribution in [0.2, 0.25) is 0 Å². The molecule has 1 aliphatic heterocycles. The summed E-state index contributed by atoms with van der Waals surface area (Å²) < 4.78 is 39.2. The van der Waals surface area contributed by atoms with E-state index in [0.29, 0.717) is 29.6 Å². The van der Waals surface area contributed by atoms with Crippen LogP contribution in [-0.4, -0.2) is 55.2 Å². The van der Waals surface area contributed by atoms with Crippen molar-refractivity contribution in [3.63, 3.8) is 0 Å². The van der Waals surface area contributed by atoms with Crippen molar-refractivity contribution in [2.24, 2.45) is 13.0 Å². The Morgan fingerprint density at radius 2 is 1.67 bits per heavy atom. The van der Waals surface area contributed by atoms with Gasteiger partial charge < -0.3 is 14.4 Å². The molecule has 1 saturated heterocycles. The second-order valence-corrected chi connectivity index (χ2v) is 13.2. The van der Waals surface area contributed by atoms with Gasteiger partial charge in [0, 0.05) is 44.5 Å². The molecule has 0 spiro atoms. The lowest BCUT2D eigenvalue weighted by Gasteiger charge is -2.43. The van der Waals surface area contributed by atoms with Crippen molar-refractivity contribution in [3.8, 4) is 6.07 Å². The number of benzene rings is 1. The fourth-order valence-corrected chi connectivity index (χ4v) is 7.68. The molecule has 0 N–H and O–H groups in total. The Balaban J connectivity index is 1.35. The van der Waals surface area contributed by atoms with E-state index in [0.717, 1.165) is 43.6 Å². The van der Waals surface area contributed by atoms with Crippen molar-refractivity contribution in [1.29, 1.82) is 5.26 Å². The van der Waals surface area contributed by atoms with E-state index in [1.807, 2.05) is 19.2 Å². The normalized spacial score (nSPS) is 21.4. The smallest absolute Gasteiger partial charge is 0.252 e. The van der Waals surface area contributed by atoms with Crippen LogP contribution in [0.4, 0.5) is 15.8 Å². The second kappa shape index (κ2) is 11.0. The minimum atomic E-state index is -2.94. The van der Waals surface area contributed by atoms with Crippen LogP contribution in [-0.2, 0) is 16.9 Å². The number of fused-ring (bicyclic) bond motifs is 1. The van der Waals surface area contributed by atoms with Gasteiger partial charge in [-0.15, -0.1) is 0 Å². The Labute approximate surface area is 228 Å². The quantitative estimate of drug-likeness (QED) is 0.456. The SMILES string of the molecule is Cn1c(=O)cc(N(C)[C@H]2CC[C@@H](N(CC3CCS(=O)(=O)CC3)c3ccc(F)cc3)CC2)c2nc(C#N)ccc21. The van der Waals surface area contributed by atoms with Gasteiger partial charge in [-0.05, 0) is 80.8 Å². The molecule has 1 aliphatic carbocycles. The molecule has 1 aromatic carbocycles. The number of nitrogens with zero attached hydrogens (tertiary/aromatic N) is 5. The first-order valence-corrected chi connectivity index (χ1v) is 15.3. The molecule has 0 bridgehead atoms. The number of hydrogen-bond donors (Lipinski definition) is 0. The number of anilines is 2. The van der Waals surface area contributed by atoms with Gasteiger partial charge in [0.2, 0.25) is 0 Å². The maximum atomic E-state index is 13.7. The Morgan fingerprint density at radius 3 is 2.31 bits per heavy atom. The molecule has 0 amide bonds. The highest BCUT2D eigenvalue weighted by Gasteiger charge is 2.32. The third kappa shape index (κ3) is 5.78. The summed E-state index contributed by atoms with van der Waals surface area (Å²) in [6.45, 7) is 0.756. The van der Waals surface area contributed by atoms with Crippen molar-refractivity contribution in [2.75, 3.05) is 34.9 Å². The van der Waals surface area contributed by atoms with Gasteiger partial charge in [-0.3, -0.25) is 4.79 Å². The molecule has 0 unspecified atom stereocenters. The van der Waals surface area contributed by atoms with Crippen LogP contribution in [0.3, 0.4) is 0 Å². The van der Waals surface area contributed by atoms with Gasteiger partial charge in [-0.1, -0.05) is 0 Å². The van der Waals surface area contributed by atoms with Crippen LogP contribution >= 0.6 is 0 Å². The van der Waals surface area contributed by atoms with E-state index in [1.165, 1.54) is 12.1 Å². The highest BCUT2D eigenvalue weighted by molar-refractivity contribution is 7.91. The minimum absolute atomic E-state index is 0.124. The summed E-state index contributed by atoms with van der Waals surface area (Å²) in [5.74, 6) is 0.477. The molecule has 2 aliphatic rings. The zero-order valence-corrected chi connectivity index (χ0v) is 23.2. The summed E-state index contributed by atoms with van der Waals surface area (Å²) in [6, 6.07) is 14.1. The Morgan fingerprint density at radius 1 is 1.03 bits per heavy atom. The Bertz CT molecular complexity index is 1540. The number of sulfone groups is 1. The summed E-state index contributed by atoms with van der Waals surface area (Å²) in [6.07, 6.45) is 4.94. The van der Waals surface area contributed by atoms with Crippen LogP contribution in [0.15, 0.2) is 47.3 Å². The van der Waals surface area contributed by atoms with Crippen LogP contribution < -0.4 is 15.4 Å². The number of nitriles is 1. The fourth-order valence-electron chi connectivity index (χ4n) is 6.09. The molecule has 3 heterocycles. The number of rotatable bonds is 6. The number of hydrogen-bond acceptors (Lipinski definition) is 7. The summed E-state index contributed by atoms with van der Waals surface area (Å²) in [5, 5.41) is 9.38. The van der Waals surface area contributed by atoms with E-state index in [2.05, 4.69) is 20.9 Å². The number of pyridine rings is 2. The maximum Gasteiger partial charge on any atom is 0.252 e. The van der Waals surface area contributed by atoms with Crippen LogP contribution in [0.5, 0.6) is 0 Å². The second-order valence-electron chi connectivity index (χ2n) is 10.9. The van der Waals surface area contributed by atoms with E-state index in [4.69, 9.17) is 0 Å². The molecule has 3 aromatic rings. The van der Waals surface area contributed by atoms with Crippen molar-refractivity contribution < 1.29 is 12.8 Å². The van der Waals surface area contributed by atoms with Crippen LogP contribution in [0.1, 0.15) is 44.2 Å². The molecular weight excluding hydrogens is 517 g/mol. The Kier molecular flexibility index (Phi) is 7.63. The standard InChI is InChI=1S/C29H34FN5O3S/c1-33(27-17-28(36)34(2)26-12-5-22(18-31)32-29(26)27)23-8-10-25(11-9-23)35(24-6-3-21(30)4-7-24)19-20-13-15-39(37,38)16-14-20/h3-7,12,17,20,23,25H,8-11,13-16,19H2,1-2H3/t23-,25+. The molecule has 10 heteroatoms. The topological polar surface area (TPSA) is 99.3 Å². The highest BCUT2D eigenvalue weighted by atomic mass is 32.2. The first-order valence-electron chi connectivity index (χ1n) is 13.5. The largest absolute Gasteiger partial charge is 0.370 e. The molecule has 0 atom stereocenters. The monoisotopic (exact) mass is 551 g/mol. The van der Waals surface area contributed by atoms with Gasteiger partial charge >= 0.3 is 0 Å². The molecule has 2 fully saturated rings. The van der Waals surface area contributed by atoms with Crippen molar-refractivity contribution in [1.82, 2.24) is 9.55 Å². The molecule has 8 nitrogen and oxygen atoms in total. The van der Waals surface area contributed by atoms with E-state index < -0.39 is 9.84 Å². The molecule has 39 heavy (non-hydrogen) atoms. The van der Waals surface area contributed by atoms with E-state index in [9.17, 15) is 22.9 Å². The van der Waals surface area contributed by atoms with Gasteiger partial charge in [0.1, 0.15) is 32.9 Å². The van der Waals surface area contributed by atoms with Gasteiger partial charge in [-0.25, -0.2) is 17.8 Å². The van der Waals surface area contributed by atoms with E-state index in [-0.39, 0.29) is 40.9 Å². The fraction of sp³-hybridized carbons (Fsp3) is 0.483. The van der Waals surface area contributed by atoms with Gasteiger partial charge in [-0.2, -0.15) is 5.26 Å². The summed E-state index contributed by atoms with van der Waals surface area (Å²) >= 11 is 0. The predicted octanol–water partition coefficient (Wildman–Crippen LogP) is 4.02. The van der Waals surface area contributed by atoms with Crippen molar-refractivity contribution in [3.05, 3.63) is 64.3 Å². The third-order valence-corrected chi connectivity index (χ3v) is 10.2. The zero-order chi connectivity index (χ0) is 27.7. The number of halogens is 1.